The number of benzene rings is 2. The van der Waals surface area contributed by atoms with Crippen LogP contribution < -0.4 is 15.0 Å². The summed E-state index contributed by atoms with van der Waals surface area (Å²) in [5, 5.41) is 2.95. The van der Waals surface area contributed by atoms with Crippen molar-refractivity contribution < 1.29 is 18.7 Å². The molecular formula is C20H20FN3O3S. The maximum absolute atomic E-state index is 14.0. The lowest BCUT2D eigenvalue weighted by Gasteiger charge is -2.16. The number of carbonyl (C=O) groups is 2. The fourth-order valence-electron chi connectivity index (χ4n) is 2.78. The van der Waals surface area contributed by atoms with E-state index in [1.165, 1.54) is 18.2 Å². The lowest BCUT2D eigenvalue weighted by molar-refractivity contribution is -0.121. The van der Waals surface area contributed by atoms with Crippen molar-refractivity contribution in [3.63, 3.8) is 0 Å². The van der Waals surface area contributed by atoms with Gasteiger partial charge in [0.05, 0.1) is 12.3 Å². The molecule has 1 saturated heterocycles. The summed E-state index contributed by atoms with van der Waals surface area (Å²) in [6.07, 6.45) is -0.0121. The van der Waals surface area contributed by atoms with Gasteiger partial charge in [-0.3, -0.25) is 14.6 Å². The fraction of sp³-hybridized carbons (Fsp3) is 0.250. The molecule has 1 fully saturated rings. The lowest BCUT2D eigenvalue weighted by Crippen LogP contribution is -2.32. The molecular weight excluding hydrogens is 381 g/mol. The van der Waals surface area contributed by atoms with Gasteiger partial charge >= 0.3 is 0 Å². The number of hydrogen-bond donors (Lipinski definition) is 1. The van der Waals surface area contributed by atoms with E-state index < -0.39 is 22.9 Å². The first-order valence-corrected chi connectivity index (χ1v) is 9.66. The highest BCUT2D eigenvalue weighted by atomic mass is 32.2. The molecule has 0 spiro atoms. The van der Waals surface area contributed by atoms with E-state index in [0.717, 1.165) is 28.1 Å². The van der Waals surface area contributed by atoms with Crippen LogP contribution in [-0.2, 0) is 9.59 Å². The Morgan fingerprint density at radius 2 is 1.96 bits per heavy atom. The molecule has 1 N–H and O–H groups in total. The normalized spacial score (nSPS) is 17.2. The van der Waals surface area contributed by atoms with Gasteiger partial charge in [-0.25, -0.2) is 9.29 Å². The molecule has 3 rings (SSSR count). The summed E-state index contributed by atoms with van der Waals surface area (Å²) in [7, 11) is 1.60. The zero-order chi connectivity index (χ0) is 20.1. The Bertz CT molecular complexity index is 902. The van der Waals surface area contributed by atoms with Gasteiger partial charge in [0.2, 0.25) is 11.8 Å². The SMILES string of the molecule is CCOc1ccc(NC(=NC)S[C@H]2CC(=O)N(c3ccccc3F)C2=O)cc1. The van der Waals surface area contributed by atoms with Gasteiger partial charge in [0.1, 0.15) is 16.8 Å². The van der Waals surface area contributed by atoms with Gasteiger partial charge in [-0.1, -0.05) is 23.9 Å². The molecule has 146 valence electrons. The van der Waals surface area contributed by atoms with Gasteiger partial charge in [-0.05, 0) is 43.3 Å². The highest BCUT2D eigenvalue weighted by molar-refractivity contribution is 8.15. The monoisotopic (exact) mass is 401 g/mol. The van der Waals surface area contributed by atoms with Crippen LogP contribution in [0.4, 0.5) is 15.8 Å². The summed E-state index contributed by atoms with van der Waals surface area (Å²) >= 11 is 1.15. The smallest absolute Gasteiger partial charge is 0.247 e. The molecule has 2 aromatic rings. The molecule has 1 heterocycles. The van der Waals surface area contributed by atoms with Gasteiger partial charge in [0.15, 0.2) is 5.17 Å². The van der Waals surface area contributed by atoms with E-state index in [9.17, 15) is 14.0 Å². The summed E-state index contributed by atoms with van der Waals surface area (Å²) in [6.45, 7) is 2.50. The molecule has 2 amide bonds. The summed E-state index contributed by atoms with van der Waals surface area (Å²) in [5.74, 6) is -0.724. The van der Waals surface area contributed by atoms with E-state index in [0.29, 0.717) is 11.8 Å². The number of nitrogens with one attached hydrogen (secondary N) is 1. The van der Waals surface area contributed by atoms with Crippen molar-refractivity contribution in [2.45, 2.75) is 18.6 Å². The standard InChI is InChI=1S/C20H20FN3O3S/c1-3-27-14-10-8-13(9-11-14)23-20(22-2)28-17-12-18(25)24(19(17)26)16-7-5-4-6-15(16)21/h4-11,17H,3,12H2,1-2H3,(H,22,23)/t17-/m0/s1. The number of para-hydroxylation sites is 1. The Morgan fingerprint density at radius 1 is 1.25 bits per heavy atom. The van der Waals surface area contributed by atoms with Crippen LogP contribution in [-0.4, -0.2) is 35.9 Å². The average molecular weight is 401 g/mol. The zero-order valence-electron chi connectivity index (χ0n) is 15.5. The van der Waals surface area contributed by atoms with E-state index in [1.807, 2.05) is 31.2 Å². The molecule has 0 bridgehead atoms. The van der Waals surface area contributed by atoms with Crippen LogP contribution in [0.25, 0.3) is 0 Å². The van der Waals surface area contributed by atoms with Crippen molar-refractivity contribution >= 4 is 40.1 Å². The number of ether oxygens (including phenoxy) is 1. The molecule has 6 nitrogen and oxygen atoms in total. The van der Waals surface area contributed by atoms with Gasteiger partial charge in [-0.2, -0.15) is 0 Å². The van der Waals surface area contributed by atoms with Crippen LogP contribution >= 0.6 is 11.8 Å². The zero-order valence-corrected chi connectivity index (χ0v) is 16.3. The van der Waals surface area contributed by atoms with E-state index in [1.54, 1.807) is 13.1 Å². The molecule has 1 aliphatic heterocycles. The van der Waals surface area contributed by atoms with Crippen LogP contribution in [0.1, 0.15) is 13.3 Å². The van der Waals surface area contributed by atoms with Crippen molar-refractivity contribution in [1.82, 2.24) is 0 Å². The minimum absolute atomic E-state index is 0.0121. The minimum Gasteiger partial charge on any atom is -0.494 e. The fourth-order valence-corrected chi connectivity index (χ4v) is 3.76. The summed E-state index contributed by atoms with van der Waals surface area (Å²) in [4.78, 5) is 30.1. The second kappa shape index (κ2) is 8.88. The van der Waals surface area contributed by atoms with Gasteiger partial charge in [0, 0.05) is 19.2 Å². The summed E-state index contributed by atoms with van der Waals surface area (Å²) in [6, 6.07) is 13.1. The summed E-state index contributed by atoms with van der Waals surface area (Å²) < 4.78 is 19.4. The second-order valence-corrected chi connectivity index (χ2v) is 7.13. The predicted octanol–water partition coefficient (Wildman–Crippen LogP) is 3.69. The largest absolute Gasteiger partial charge is 0.494 e. The van der Waals surface area contributed by atoms with E-state index >= 15 is 0 Å². The third-order valence-electron chi connectivity index (χ3n) is 4.07. The summed E-state index contributed by atoms with van der Waals surface area (Å²) in [5.41, 5.74) is 0.759. The first-order chi connectivity index (χ1) is 13.5. The number of amidine groups is 1. The van der Waals surface area contributed by atoms with E-state index in [2.05, 4.69) is 10.3 Å². The Kier molecular flexibility index (Phi) is 6.30. The minimum atomic E-state index is -0.666. The quantitative estimate of drug-likeness (QED) is 0.470. The van der Waals surface area contributed by atoms with Crippen molar-refractivity contribution in [2.75, 3.05) is 23.9 Å². The van der Waals surface area contributed by atoms with Crippen LogP contribution in [0, 0.1) is 5.82 Å². The van der Waals surface area contributed by atoms with Crippen molar-refractivity contribution in [1.29, 1.82) is 0 Å². The molecule has 0 radical (unpaired) electrons. The van der Waals surface area contributed by atoms with Crippen molar-refractivity contribution in [3.05, 3.63) is 54.3 Å². The third kappa shape index (κ3) is 4.33. The van der Waals surface area contributed by atoms with Gasteiger partial charge in [0.25, 0.3) is 0 Å². The Labute approximate surface area is 166 Å². The molecule has 0 unspecified atom stereocenters. The van der Waals surface area contributed by atoms with Gasteiger partial charge < -0.3 is 10.1 Å². The molecule has 2 aromatic carbocycles. The highest BCUT2D eigenvalue weighted by Crippen LogP contribution is 2.32. The number of halogens is 1. The van der Waals surface area contributed by atoms with E-state index in [-0.39, 0.29) is 12.1 Å². The Balaban J connectivity index is 1.69. The molecule has 1 atom stereocenters. The number of imide groups is 1. The lowest BCUT2D eigenvalue weighted by atomic mass is 10.3. The number of carbonyl (C=O) groups excluding carboxylic acids is 2. The molecule has 8 heteroatoms. The van der Waals surface area contributed by atoms with Crippen LogP contribution in [0.3, 0.4) is 0 Å². The number of thioether (sulfide) groups is 1. The van der Waals surface area contributed by atoms with Crippen LogP contribution in [0.5, 0.6) is 5.75 Å². The van der Waals surface area contributed by atoms with Crippen LogP contribution in [0.15, 0.2) is 53.5 Å². The molecule has 0 saturated carbocycles. The van der Waals surface area contributed by atoms with Crippen molar-refractivity contribution in [3.8, 4) is 5.75 Å². The number of hydrogen-bond acceptors (Lipinski definition) is 5. The number of nitrogens with zero attached hydrogens (tertiary/aromatic N) is 2. The van der Waals surface area contributed by atoms with E-state index in [4.69, 9.17) is 4.74 Å². The number of amides is 2. The maximum atomic E-state index is 14.0. The first kappa shape index (κ1) is 19.9. The molecule has 28 heavy (non-hydrogen) atoms. The average Bonchev–Trinajstić information content (AvgIpc) is 2.96. The molecule has 0 aliphatic carbocycles. The Morgan fingerprint density at radius 3 is 2.61 bits per heavy atom. The topological polar surface area (TPSA) is 71.0 Å². The first-order valence-electron chi connectivity index (χ1n) is 8.78. The molecule has 0 aromatic heterocycles. The van der Waals surface area contributed by atoms with Gasteiger partial charge in [-0.15, -0.1) is 0 Å². The van der Waals surface area contributed by atoms with Crippen LogP contribution in [0.2, 0.25) is 0 Å². The van der Waals surface area contributed by atoms with Crippen molar-refractivity contribution in [2.24, 2.45) is 4.99 Å². The molecule has 1 aliphatic rings. The number of anilines is 2. The Hall–Kier alpha value is -2.87. The highest BCUT2D eigenvalue weighted by Gasteiger charge is 2.41. The third-order valence-corrected chi connectivity index (χ3v) is 5.23. The second-order valence-electron chi connectivity index (χ2n) is 5.94. The predicted molar refractivity (Wildman–Crippen MR) is 109 cm³/mol. The maximum Gasteiger partial charge on any atom is 0.247 e. The number of rotatable bonds is 5. The number of aliphatic imine (C=N–C) groups is 1.